The number of halogens is 2. The number of rotatable bonds is 7. The monoisotopic (exact) mass is 542 g/mol. The molecule has 0 aliphatic carbocycles. The number of aromatic amines is 1. The van der Waals surface area contributed by atoms with E-state index in [1.807, 2.05) is 4.90 Å². The van der Waals surface area contributed by atoms with Gasteiger partial charge in [-0.2, -0.15) is 0 Å². The number of anilines is 2. The average molecular weight is 543 g/mol. The maximum absolute atomic E-state index is 12.8. The third-order valence-corrected chi connectivity index (χ3v) is 7.49. The maximum atomic E-state index is 12.8. The standard InChI is InChI=1S/C20H20Cl2N6O6S/c1-8-12(21)13(22)14(23-8)17(29)24-9-3-5-28(7-10(9)33-2)20-26-15(16(35-20)19(31)32)18(30)25-11-4-6-34-27-11/h4,6,9-10,23H,3,5,7H2,1-2H3,(H,24,29)(H,31,32)(H,25,27,30)/t9-,10+/m1/s1. The van der Waals surface area contributed by atoms with Gasteiger partial charge in [0.05, 0.1) is 22.2 Å². The molecular weight excluding hydrogens is 523 g/mol. The Kier molecular flexibility index (Phi) is 7.31. The van der Waals surface area contributed by atoms with Crippen molar-refractivity contribution in [1.82, 2.24) is 20.4 Å². The molecule has 3 aromatic rings. The Bertz CT molecular complexity index is 1260. The van der Waals surface area contributed by atoms with Crippen molar-refractivity contribution >= 4 is 63.3 Å². The van der Waals surface area contributed by atoms with Crippen molar-refractivity contribution in [2.24, 2.45) is 0 Å². The van der Waals surface area contributed by atoms with Crippen LogP contribution in [0.3, 0.4) is 0 Å². The number of amides is 2. The highest BCUT2D eigenvalue weighted by Crippen LogP contribution is 2.31. The predicted octanol–water partition coefficient (Wildman–Crippen LogP) is 3.05. The van der Waals surface area contributed by atoms with E-state index in [0.717, 1.165) is 11.3 Å². The molecule has 4 N–H and O–H groups in total. The lowest BCUT2D eigenvalue weighted by atomic mass is 10.0. The Morgan fingerprint density at radius 3 is 2.69 bits per heavy atom. The molecule has 0 aromatic carbocycles. The molecule has 12 nitrogen and oxygen atoms in total. The largest absolute Gasteiger partial charge is 0.477 e. The molecule has 3 aromatic heterocycles. The first-order valence-corrected chi connectivity index (χ1v) is 11.8. The zero-order chi connectivity index (χ0) is 25.3. The Balaban J connectivity index is 1.48. The molecular formula is C20H20Cl2N6O6S. The number of nitrogens with one attached hydrogen (secondary N) is 3. The lowest BCUT2D eigenvalue weighted by molar-refractivity contribution is 0.0540. The zero-order valence-corrected chi connectivity index (χ0v) is 20.8. The molecule has 1 fully saturated rings. The van der Waals surface area contributed by atoms with Gasteiger partial charge in [0.25, 0.3) is 11.8 Å². The topological polar surface area (TPSA) is 163 Å². The van der Waals surface area contributed by atoms with Crippen LogP contribution in [0.15, 0.2) is 16.9 Å². The average Bonchev–Trinajstić information content (AvgIpc) is 3.56. The molecule has 1 aliphatic heterocycles. The van der Waals surface area contributed by atoms with E-state index in [1.165, 1.54) is 19.4 Å². The van der Waals surface area contributed by atoms with E-state index < -0.39 is 23.9 Å². The molecule has 4 rings (SSSR count). The minimum absolute atomic E-state index is 0.135. The third kappa shape index (κ3) is 5.12. The van der Waals surface area contributed by atoms with Crippen molar-refractivity contribution in [2.45, 2.75) is 25.5 Å². The van der Waals surface area contributed by atoms with Gasteiger partial charge in [0.2, 0.25) is 0 Å². The Morgan fingerprint density at radius 2 is 2.09 bits per heavy atom. The summed E-state index contributed by atoms with van der Waals surface area (Å²) in [6, 6.07) is 1.07. The second-order valence-corrected chi connectivity index (χ2v) is 9.39. The van der Waals surface area contributed by atoms with Gasteiger partial charge in [-0.15, -0.1) is 0 Å². The second kappa shape index (κ2) is 10.2. The predicted molar refractivity (Wildman–Crippen MR) is 128 cm³/mol. The molecule has 2 atom stereocenters. The van der Waals surface area contributed by atoms with Crippen LogP contribution in [0.1, 0.15) is 42.8 Å². The van der Waals surface area contributed by atoms with Crippen molar-refractivity contribution < 1.29 is 28.8 Å². The summed E-state index contributed by atoms with van der Waals surface area (Å²) in [6.45, 7) is 2.44. The summed E-state index contributed by atoms with van der Waals surface area (Å²) in [7, 11) is 1.51. The molecule has 35 heavy (non-hydrogen) atoms. The number of carbonyl (C=O) groups excluding carboxylic acids is 2. The molecule has 2 amide bonds. The van der Waals surface area contributed by atoms with E-state index in [2.05, 4.69) is 30.3 Å². The van der Waals surface area contributed by atoms with Crippen LogP contribution in [-0.4, -0.2) is 70.4 Å². The lowest BCUT2D eigenvalue weighted by Gasteiger charge is -2.37. The van der Waals surface area contributed by atoms with Gasteiger partial charge < -0.3 is 34.9 Å². The van der Waals surface area contributed by atoms with Gasteiger partial charge in [-0.1, -0.05) is 39.7 Å². The number of thiazole rings is 1. The number of methoxy groups -OCH3 is 1. The fourth-order valence-corrected chi connectivity index (χ4v) is 5.01. The summed E-state index contributed by atoms with van der Waals surface area (Å²) in [4.78, 5) is 45.8. The van der Waals surface area contributed by atoms with E-state index in [9.17, 15) is 19.5 Å². The lowest BCUT2D eigenvalue weighted by Crippen LogP contribution is -2.55. The highest BCUT2D eigenvalue weighted by Gasteiger charge is 2.34. The number of H-pyrrole nitrogens is 1. The van der Waals surface area contributed by atoms with Crippen molar-refractivity contribution in [3.05, 3.63) is 44.3 Å². The molecule has 1 saturated heterocycles. The second-order valence-electron chi connectivity index (χ2n) is 7.66. The number of hydrogen-bond donors (Lipinski definition) is 4. The summed E-state index contributed by atoms with van der Waals surface area (Å²) < 4.78 is 10.3. The van der Waals surface area contributed by atoms with Crippen molar-refractivity contribution in [3.63, 3.8) is 0 Å². The normalized spacial score (nSPS) is 17.9. The number of aromatic carboxylic acids is 1. The van der Waals surface area contributed by atoms with Gasteiger partial charge in [0.1, 0.15) is 16.8 Å². The summed E-state index contributed by atoms with van der Waals surface area (Å²) in [5.41, 5.74) is 0.514. The van der Waals surface area contributed by atoms with Crippen LogP contribution < -0.4 is 15.5 Å². The quantitative estimate of drug-likeness (QED) is 0.351. The van der Waals surface area contributed by atoms with Gasteiger partial charge >= 0.3 is 5.97 Å². The number of hydrogen-bond acceptors (Lipinski definition) is 9. The van der Waals surface area contributed by atoms with Crippen LogP contribution in [0.4, 0.5) is 10.9 Å². The summed E-state index contributed by atoms with van der Waals surface area (Å²) in [5, 5.41) is 19.3. The van der Waals surface area contributed by atoms with Crippen LogP contribution in [0, 0.1) is 6.92 Å². The first-order chi connectivity index (χ1) is 16.7. The van der Waals surface area contributed by atoms with Crippen LogP contribution >= 0.6 is 34.5 Å². The molecule has 0 saturated carbocycles. The van der Waals surface area contributed by atoms with Crippen LogP contribution in [-0.2, 0) is 4.74 Å². The molecule has 0 bridgehead atoms. The van der Waals surface area contributed by atoms with Crippen molar-refractivity contribution in [3.8, 4) is 0 Å². The summed E-state index contributed by atoms with van der Waals surface area (Å²) in [5.74, 6) is -2.28. The molecule has 0 spiro atoms. The first kappa shape index (κ1) is 25.0. The van der Waals surface area contributed by atoms with Gasteiger partial charge in [-0.05, 0) is 13.3 Å². The Morgan fingerprint density at radius 1 is 1.31 bits per heavy atom. The molecule has 1 aliphatic rings. The minimum Gasteiger partial charge on any atom is -0.477 e. The molecule has 4 heterocycles. The zero-order valence-electron chi connectivity index (χ0n) is 18.4. The van der Waals surface area contributed by atoms with Gasteiger partial charge in [0.15, 0.2) is 16.6 Å². The summed E-state index contributed by atoms with van der Waals surface area (Å²) >= 11 is 13.1. The fourth-order valence-electron chi connectivity index (χ4n) is 3.66. The third-order valence-electron chi connectivity index (χ3n) is 5.43. The number of carboxylic acid groups (broad SMARTS) is 1. The van der Waals surface area contributed by atoms with E-state index in [-0.39, 0.29) is 38.2 Å². The first-order valence-electron chi connectivity index (χ1n) is 10.3. The van der Waals surface area contributed by atoms with Crippen LogP contribution in [0.5, 0.6) is 0 Å². The highest BCUT2D eigenvalue weighted by atomic mass is 35.5. The number of carboxylic acids is 1. The highest BCUT2D eigenvalue weighted by molar-refractivity contribution is 7.17. The number of aromatic nitrogens is 3. The number of piperidine rings is 1. The van der Waals surface area contributed by atoms with Crippen molar-refractivity contribution in [2.75, 3.05) is 30.4 Å². The van der Waals surface area contributed by atoms with E-state index in [0.29, 0.717) is 30.3 Å². The number of carbonyl (C=O) groups is 3. The number of nitrogens with zero attached hydrogens (tertiary/aromatic N) is 3. The van der Waals surface area contributed by atoms with Gasteiger partial charge in [-0.25, -0.2) is 9.78 Å². The maximum Gasteiger partial charge on any atom is 0.348 e. The van der Waals surface area contributed by atoms with E-state index in [4.69, 9.17) is 27.9 Å². The number of aryl methyl sites for hydroxylation is 1. The molecule has 0 unspecified atom stereocenters. The molecule has 186 valence electrons. The van der Waals surface area contributed by atoms with Crippen LogP contribution in [0.2, 0.25) is 10.0 Å². The van der Waals surface area contributed by atoms with Gasteiger partial charge in [0, 0.05) is 32.0 Å². The summed E-state index contributed by atoms with van der Waals surface area (Å²) in [6.07, 6.45) is 1.30. The SMILES string of the molecule is CO[C@H]1CN(c2nc(C(=O)Nc3ccon3)c(C(=O)O)s2)CC[C@H]1NC(=O)c1[nH]c(C)c(Cl)c1Cl. The number of ether oxygens (including phenoxy) is 1. The van der Waals surface area contributed by atoms with E-state index in [1.54, 1.807) is 6.92 Å². The Labute approximate surface area is 212 Å². The fraction of sp³-hybridized carbons (Fsp3) is 0.350. The van der Waals surface area contributed by atoms with Crippen LogP contribution in [0.25, 0.3) is 0 Å². The van der Waals surface area contributed by atoms with Gasteiger partial charge in [-0.3, -0.25) is 9.59 Å². The molecule has 0 radical (unpaired) electrons. The molecule has 15 heteroatoms. The smallest absolute Gasteiger partial charge is 0.348 e. The Hall–Kier alpha value is -3.13. The van der Waals surface area contributed by atoms with E-state index >= 15 is 0 Å². The minimum atomic E-state index is -1.28. The van der Waals surface area contributed by atoms with Crippen molar-refractivity contribution in [1.29, 1.82) is 0 Å².